The number of thiocarbonyl (C=S) groups is 1. The lowest BCUT2D eigenvalue weighted by molar-refractivity contribution is 0.0978. The zero-order chi connectivity index (χ0) is 18.1. The van der Waals surface area contributed by atoms with Gasteiger partial charge in [0.1, 0.15) is 16.8 Å². The Hall–Kier alpha value is -2.69. The molecule has 0 aliphatic carbocycles. The fraction of sp³-hybridized carbons (Fsp3) is 0.0625. The van der Waals surface area contributed by atoms with Crippen molar-refractivity contribution >= 4 is 72.7 Å². The number of fused-ring (bicyclic) bond motifs is 2. The number of benzene rings is 2. The first-order valence-corrected chi connectivity index (χ1v) is 9.37. The molecule has 1 amide bonds. The average Bonchev–Trinajstić information content (AvgIpc) is 3.25. The number of hydrogen-bond acceptors (Lipinski definition) is 8. The van der Waals surface area contributed by atoms with Crippen molar-refractivity contribution in [1.29, 1.82) is 0 Å². The van der Waals surface area contributed by atoms with Crippen molar-refractivity contribution in [3.8, 4) is 5.75 Å². The third kappa shape index (κ3) is 3.34. The molecule has 0 spiro atoms. The fourth-order valence-corrected chi connectivity index (χ4v) is 3.98. The summed E-state index contributed by atoms with van der Waals surface area (Å²) in [7, 11) is 1.62. The van der Waals surface area contributed by atoms with Crippen LogP contribution in [0.3, 0.4) is 0 Å². The van der Waals surface area contributed by atoms with Crippen molar-refractivity contribution in [3.05, 3.63) is 42.0 Å². The number of nitrogens with one attached hydrogen (secondary N) is 2. The summed E-state index contributed by atoms with van der Waals surface area (Å²) in [6, 6.07) is 10.7. The van der Waals surface area contributed by atoms with Crippen LogP contribution < -0.4 is 15.4 Å². The summed E-state index contributed by atoms with van der Waals surface area (Å²) in [5, 5.41) is 6.36. The Morgan fingerprint density at radius 2 is 1.92 bits per heavy atom. The molecule has 2 aromatic heterocycles. The summed E-state index contributed by atoms with van der Waals surface area (Å²) >= 11 is 7.75. The number of carbonyl (C=O) groups is 1. The number of nitrogens with zero attached hydrogens (tertiary/aromatic N) is 3. The smallest absolute Gasteiger partial charge is 0.257 e. The normalized spacial score (nSPS) is 10.8. The molecule has 4 rings (SSSR count). The van der Waals surface area contributed by atoms with Gasteiger partial charge in [0.2, 0.25) is 0 Å². The lowest BCUT2D eigenvalue weighted by Crippen LogP contribution is -2.34. The number of aromatic nitrogens is 3. The Bertz CT molecular complexity index is 1140. The number of methoxy groups -OCH3 is 1. The summed E-state index contributed by atoms with van der Waals surface area (Å²) in [6.45, 7) is 0. The molecule has 0 bridgehead atoms. The number of rotatable bonds is 3. The maximum absolute atomic E-state index is 12.3. The maximum Gasteiger partial charge on any atom is 0.257 e. The second-order valence-corrected chi connectivity index (χ2v) is 7.20. The number of thiazole rings is 1. The van der Waals surface area contributed by atoms with Crippen molar-refractivity contribution < 1.29 is 9.53 Å². The third-order valence-corrected chi connectivity index (χ3v) is 5.25. The van der Waals surface area contributed by atoms with Crippen LogP contribution in [0, 0.1) is 0 Å². The van der Waals surface area contributed by atoms with Gasteiger partial charge < -0.3 is 10.1 Å². The molecule has 0 aliphatic heterocycles. The number of amides is 1. The highest BCUT2D eigenvalue weighted by atomic mass is 32.1. The Morgan fingerprint density at radius 3 is 2.77 bits per heavy atom. The number of hydrogen-bond donors (Lipinski definition) is 2. The topological polar surface area (TPSA) is 89.0 Å². The minimum atomic E-state index is -0.319. The molecule has 2 aromatic carbocycles. The SMILES string of the molecule is COc1ccc2nc(NC(=S)NC(=O)c3ccc4nsnc4c3)sc2c1. The molecular weight excluding hydrogens is 390 g/mol. The van der Waals surface area contributed by atoms with E-state index in [0.29, 0.717) is 16.2 Å². The van der Waals surface area contributed by atoms with E-state index in [1.165, 1.54) is 11.3 Å². The third-order valence-electron chi connectivity index (χ3n) is 3.56. The van der Waals surface area contributed by atoms with E-state index in [0.717, 1.165) is 33.2 Å². The predicted octanol–water partition coefficient (Wildman–Crippen LogP) is 3.44. The van der Waals surface area contributed by atoms with Gasteiger partial charge in [-0.15, -0.1) is 0 Å². The molecule has 2 heterocycles. The molecule has 0 saturated carbocycles. The minimum Gasteiger partial charge on any atom is -0.497 e. The monoisotopic (exact) mass is 401 g/mol. The Morgan fingerprint density at radius 1 is 1.12 bits per heavy atom. The molecule has 130 valence electrons. The lowest BCUT2D eigenvalue weighted by Gasteiger charge is -2.06. The number of ether oxygens (including phenoxy) is 1. The van der Waals surface area contributed by atoms with E-state index in [2.05, 4.69) is 24.4 Å². The molecule has 10 heteroatoms. The summed E-state index contributed by atoms with van der Waals surface area (Å²) in [5.74, 6) is 0.440. The van der Waals surface area contributed by atoms with Gasteiger partial charge >= 0.3 is 0 Å². The second kappa shape index (κ2) is 6.90. The molecule has 0 radical (unpaired) electrons. The van der Waals surface area contributed by atoms with Gasteiger partial charge in [0, 0.05) is 5.56 Å². The van der Waals surface area contributed by atoms with E-state index in [-0.39, 0.29) is 11.0 Å². The zero-order valence-corrected chi connectivity index (χ0v) is 15.8. The van der Waals surface area contributed by atoms with Gasteiger partial charge in [0.15, 0.2) is 10.2 Å². The van der Waals surface area contributed by atoms with Crippen molar-refractivity contribution in [3.63, 3.8) is 0 Å². The first-order chi connectivity index (χ1) is 12.6. The first-order valence-electron chi connectivity index (χ1n) is 7.41. The maximum atomic E-state index is 12.3. The van der Waals surface area contributed by atoms with Crippen LogP contribution in [0.15, 0.2) is 36.4 Å². The van der Waals surface area contributed by atoms with Crippen molar-refractivity contribution in [1.82, 2.24) is 19.0 Å². The highest BCUT2D eigenvalue weighted by Crippen LogP contribution is 2.29. The molecule has 0 atom stereocenters. The Kier molecular flexibility index (Phi) is 4.45. The Balaban J connectivity index is 1.46. The van der Waals surface area contributed by atoms with E-state index in [4.69, 9.17) is 17.0 Å². The van der Waals surface area contributed by atoms with Crippen molar-refractivity contribution in [2.75, 3.05) is 12.4 Å². The van der Waals surface area contributed by atoms with Gasteiger partial charge in [0.05, 0.1) is 29.1 Å². The molecule has 4 aromatic rings. The first kappa shape index (κ1) is 16.8. The quantitative estimate of drug-likeness (QED) is 0.508. The molecule has 7 nitrogen and oxygen atoms in total. The van der Waals surface area contributed by atoms with Crippen LogP contribution in [-0.4, -0.2) is 31.9 Å². The zero-order valence-electron chi connectivity index (χ0n) is 13.3. The van der Waals surface area contributed by atoms with E-state index in [1.807, 2.05) is 18.2 Å². The highest BCUT2D eigenvalue weighted by Gasteiger charge is 2.12. The number of anilines is 1. The lowest BCUT2D eigenvalue weighted by atomic mass is 10.2. The summed E-state index contributed by atoms with van der Waals surface area (Å²) in [5.41, 5.74) is 2.73. The molecular formula is C16H11N5O2S3. The summed E-state index contributed by atoms with van der Waals surface area (Å²) < 4.78 is 14.4. The van der Waals surface area contributed by atoms with Crippen molar-refractivity contribution in [2.45, 2.75) is 0 Å². The van der Waals surface area contributed by atoms with E-state index in [9.17, 15) is 4.79 Å². The largest absolute Gasteiger partial charge is 0.497 e. The average molecular weight is 401 g/mol. The van der Waals surface area contributed by atoms with Gasteiger partial charge in [-0.1, -0.05) is 11.3 Å². The standard InChI is InChI=1S/C16H11N5O2S3/c1-23-9-3-5-11-13(7-9)25-16(17-11)19-15(24)18-14(22)8-2-4-10-12(6-8)21-26-20-10/h2-7H,1H3,(H2,17,18,19,22,24). The van der Waals surface area contributed by atoms with Gasteiger partial charge in [-0.05, 0) is 48.6 Å². The molecule has 0 fully saturated rings. The van der Waals surface area contributed by atoms with Crippen LogP contribution in [0.2, 0.25) is 0 Å². The van der Waals surface area contributed by atoms with Gasteiger partial charge in [-0.2, -0.15) is 8.75 Å². The molecule has 0 unspecified atom stereocenters. The van der Waals surface area contributed by atoms with Crippen LogP contribution in [-0.2, 0) is 0 Å². The van der Waals surface area contributed by atoms with Crippen LogP contribution in [0.1, 0.15) is 10.4 Å². The van der Waals surface area contributed by atoms with Gasteiger partial charge in [-0.25, -0.2) is 4.98 Å². The van der Waals surface area contributed by atoms with Gasteiger partial charge in [-0.3, -0.25) is 10.1 Å². The molecule has 2 N–H and O–H groups in total. The van der Waals surface area contributed by atoms with Crippen LogP contribution >= 0.6 is 35.3 Å². The molecule has 0 saturated heterocycles. The Labute approximate surface area is 161 Å². The summed E-state index contributed by atoms with van der Waals surface area (Å²) in [4.78, 5) is 16.8. The molecule has 0 aliphatic rings. The minimum absolute atomic E-state index is 0.178. The highest BCUT2D eigenvalue weighted by molar-refractivity contribution is 7.80. The van der Waals surface area contributed by atoms with E-state index in [1.54, 1.807) is 25.3 Å². The van der Waals surface area contributed by atoms with Gasteiger partial charge in [0.25, 0.3) is 5.91 Å². The van der Waals surface area contributed by atoms with Crippen LogP contribution in [0.25, 0.3) is 21.3 Å². The van der Waals surface area contributed by atoms with Crippen LogP contribution in [0.5, 0.6) is 5.75 Å². The van der Waals surface area contributed by atoms with E-state index < -0.39 is 0 Å². The molecule has 26 heavy (non-hydrogen) atoms. The number of carbonyl (C=O) groups excluding carboxylic acids is 1. The van der Waals surface area contributed by atoms with Crippen molar-refractivity contribution in [2.24, 2.45) is 0 Å². The fourth-order valence-electron chi connectivity index (χ4n) is 2.31. The summed E-state index contributed by atoms with van der Waals surface area (Å²) in [6.07, 6.45) is 0. The predicted molar refractivity (Wildman–Crippen MR) is 107 cm³/mol. The second-order valence-electron chi connectivity index (χ2n) is 5.23. The van der Waals surface area contributed by atoms with E-state index >= 15 is 0 Å². The van der Waals surface area contributed by atoms with Crippen LogP contribution in [0.4, 0.5) is 5.13 Å².